The molecule has 0 aliphatic carbocycles. The summed E-state index contributed by atoms with van der Waals surface area (Å²) < 4.78 is 69.4. The van der Waals surface area contributed by atoms with E-state index in [-0.39, 0.29) is 68.4 Å². The normalized spacial score (nSPS) is 22.4. The molecule has 0 aromatic heterocycles. The first kappa shape index (κ1) is 97.9. The van der Waals surface area contributed by atoms with Gasteiger partial charge in [-0.2, -0.15) is 26.3 Å². The van der Waals surface area contributed by atoms with Gasteiger partial charge in [0.2, 0.25) is 65.0 Å². The number of carbonyl (C=O) groups is 15. The number of carboxylic acids is 2. The van der Waals surface area contributed by atoms with Crippen molar-refractivity contribution in [1.29, 1.82) is 0 Å². The van der Waals surface area contributed by atoms with E-state index in [1.54, 1.807) is 41.5 Å². The summed E-state index contributed by atoms with van der Waals surface area (Å²) in [4.78, 5) is 205. The minimum Gasteiger partial charge on any atom is -0.475 e. The smallest absolute Gasteiger partial charge is 0.475 e. The van der Waals surface area contributed by atoms with Crippen LogP contribution in [0, 0.1) is 29.6 Å². The topological polar surface area (TPSA) is 635 Å². The lowest BCUT2D eigenvalue weighted by atomic mass is 9.95. The third-order valence-electron chi connectivity index (χ3n) is 15.3. The highest BCUT2D eigenvalue weighted by Gasteiger charge is 2.45. The van der Waals surface area contributed by atoms with Crippen LogP contribution < -0.4 is 81.4 Å². The molecule has 108 heavy (non-hydrogen) atoms. The maximum absolute atomic E-state index is 15.4. The van der Waals surface area contributed by atoms with E-state index in [1.807, 2.05) is 29.8 Å². The number of esters is 1. The molecular formula is C64H102F6N16O22. The molecule has 25 N–H and O–H groups in total. The van der Waals surface area contributed by atoms with Gasteiger partial charge in [0, 0.05) is 6.54 Å². The van der Waals surface area contributed by atoms with Crippen LogP contribution in [0.5, 0.6) is 0 Å². The number of benzene rings is 1. The Morgan fingerprint density at radius 3 is 1.57 bits per heavy atom. The second kappa shape index (κ2) is 46.9. The molecule has 0 spiro atoms. The van der Waals surface area contributed by atoms with Crippen molar-refractivity contribution in [3.63, 3.8) is 0 Å². The van der Waals surface area contributed by atoms with Gasteiger partial charge in [-0.3, -0.25) is 62.5 Å². The maximum atomic E-state index is 15.4. The van der Waals surface area contributed by atoms with Gasteiger partial charge in [-0.15, -0.1) is 0 Å². The number of rotatable bonds is 25. The third kappa shape index (κ3) is 36.0. The average Bonchev–Trinajstić information content (AvgIpc) is 0.810. The number of carboxylic acid groups (broad SMARTS) is 2. The summed E-state index contributed by atoms with van der Waals surface area (Å²) in [6, 6.07) is -11.2. The molecule has 0 radical (unpaired) electrons. The van der Waals surface area contributed by atoms with Gasteiger partial charge in [-0.1, -0.05) is 106 Å². The number of halogens is 6. The molecule has 0 bridgehead atoms. The monoisotopic (exact) mass is 1560 g/mol. The quantitative estimate of drug-likeness (QED) is 0.0143. The second-order valence-corrected chi connectivity index (χ2v) is 26.4. The van der Waals surface area contributed by atoms with Gasteiger partial charge in [0.15, 0.2) is 24.2 Å². The molecule has 0 unspecified atom stereocenters. The zero-order valence-corrected chi connectivity index (χ0v) is 61.2. The number of primary amides is 1. The van der Waals surface area contributed by atoms with Crippen molar-refractivity contribution in [2.75, 3.05) is 26.2 Å². The number of nitrogens with two attached hydrogens (primary N) is 4. The zero-order chi connectivity index (χ0) is 83.6. The Hall–Kier alpha value is -10.1. The Balaban J connectivity index is 0.00000739. The van der Waals surface area contributed by atoms with Crippen molar-refractivity contribution in [2.45, 2.75) is 212 Å². The Morgan fingerprint density at radius 2 is 1.10 bits per heavy atom. The van der Waals surface area contributed by atoms with Crippen LogP contribution in [0.15, 0.2) is 35.3 Å². The van der Waals surface area contributed by atoms with Gasteiger partial charge in [0.05, 0.1) is 37.9 Å². The van der Waals surface area contributed by atoms with Crippen molar-refractivity contribution >= 4 is 94.8 Å². The zero-order valence-electron chi connectivity index (χ0n) is 61.2. The van der Waals surface area contributed by atoms with Crippen LogP contribution in [0.3, 0.4) is 0 Å². The molecule has 1 fully saturated rings. The number of nitrogens with one attached hydrogen (secondary N) is 11. The molecule has 2 rings (SSSR count). The van der Waals surface area contributed by atoms with E-state index in [0.29, 0.717) is 0 Å². The first-order valence-corrected chi connectivity index (χ1v) is 33.7. The number of aliphatic imine (C=N–C) groups is 1. The van der Waals surface area contributed by atoms with E-state index in [2.05, 4.69) is 47.5 Å². The van der Waals surface area contributed by atoms with E-state index in [0.717, 1.165) is 6.92 Å². The van der Waals surface area contributed by atoms with Gasteiger partial charge in [-0.25, -0.2) is 14.4 Å². The summed E-state index contributed by atoms with van der Waals surface area (Å²) >= 11 is 0. The highest BCUT2D eigenvalue weighted by molar-refractivity contribution is 6.01. The predicted octanol–water partition coefficient (Wildman–Crippen LogP) is -5.05. The summed E-state index contributed by atoms with van der Waals surface area (Å²) in [5.41, 5.74) is 22.4. The highest BCUT2D eigenvalue weighted by atomic mass is 19.4. The minimum atomic E-state index is -5.08. The molecule has 38 nitrogen and oxygen atoms in total. The van der Waals surface area contributed by atoms with Crippen molar-refractivity contribution in [3.8, 4) is 0 Å². The lowest BCUT2D eigenvalue weighted by Crippen LogP contribution is -2.64. The molecule has 1 aliphatic heterocycles. The fourth-order valence-electron chi connectivity index (χ4n) is 9.52. The van der Waals surface area contributed by atoms with Crippen molar-refractivity contribution < 1.29 is 134 Å². The number of aliphatic hydroxyl groups excluding tert-OH is 4. The average molecular weight is 1560 g/mol. The van der Waals surface area contributed by atoms with Crippen LogP contribution in [-0.2, 0) is 76.7 Å². The van der Waals surface area contributed by atoms with Crippen LogP contribution >= 0.6 is 0 Å². The van der Waals surface area contributed by atoms with E-state index in [9.17, 15) is 104 Å². The number of hydrogen-bond acceptors (Lipinski definition) is 22. The van der Waals surface area contributed by atoms with E-state index < -0.39 is 223 Å². The number of nitrogens with zero attached hydrogens (tertiary/aromatic N) is 1. The number of ether oxygens (including phenoxy) is 1. The number of carbonyl (C=O) groups excluding carboxylic acids is 13. The number of guanidine groups is 1. The summed E-state index contributed by atoms with van der Waals surface area (Å²) in [7, 11) is 0. The molecule has 612 valence electrons. The number of aliphatic carboxylic acids is 2. The summed E-state index contributed by atoms with van der Waals surface area (Å²) in [5, 5.41) is 84.8. The van der Waals surface area contributed by atoms with Gasteiger partial charge in [-0.05, 0) is 74.2 Å². The van der Waals surface area contributed by atoms with E-state index >= 15 is 4.79 Å². The Bertz CT molecular complexity index is 3220. The van der Waals surface area contributed by atoms with E-state index in [4.69, 9.17) is 47.5 Å². The molecule has 1 aliphatic rings. The van der Waals surface area contributed by atoms with Crippen LogP contribution in [0.2, 0.25) is 0 Å². The summed E-state index contributed by atoms with van der Waals surface area (Å²) in [5.74, 6) is -24.1. The Kier molecular flexibility index (Phi) is 42.5. The van der Waals surface area contributed by atoms with Crippen LogP contribution in [0.4, 0.5) is 26.3 Å². The number of aliphatic hydroxyl groups is 4. The van der Waals surface area contributed by atoms with Crippen LogP contribution in [-0.4, -0.2) is 243 Å². The lowest BCUT2D eigenvalue weighted by Gasteiger charge is -2.34. The first-order valence-electron chi connectivity index (χ1n) is 33.7. The summed E-state index contributed by atoms with van der Waals surface area (Å²) in [6.45, 7) is 14.2. The van der Waals surface area contributed by atoms with Gasteiger partial charge >= 0.3 is 30.3 Å². The van der Waals surface area contributed by atoms with Gasteiger partial charge < -0.3 is 117 Å². The number of cyclic esters (lactones) is 1. The van der Waals surface area contributed by atoms with Crippen molar-refractivity contribution in [3.05, 3.63) is 35.9 Å². The SMILES string of the molecule is CC[C@H](C)[C@@H]1NC(=O)[C@@H](CCCN=C(N)N)NC(=O)[C@H](CC(C)C)NC(=O)[C@H]([C@H](O)C(C)C)NC(=O)[C@@H](NC(=O)[C@H](CC(C)C)NC(=O)[C@H](N)CC(C)C)[C@@H](c2ccccc2)OC(=O)[C@H](CO)NC(=O)[C@H]([C@H](O)C(=O)NCC(N)=O)NC(=O)CNC(=O)[C@H]([C@H](C)O)NC1=O.O=C(O)C(F)(F)F.O=C(O)C(F)(F)F. The first-order chi connectivity index (χ1) is 49.8. The van der Waals surface area contributed by atoms with Crippen molar-refractivity contribution in [2.24, 2.45) is 57.5 Å². The molecule has 1 saturated heterocycles. The predicted molar refractivity (Wildman–Crippen MR) is 367 cm³/mol. The van der Waals surface area contributed by atoms with Crippen LogP contribution in [0.1, 0.15) is 126 Å². The summed E-state index contributed by atoms with van der Waals surface area (Å²) in [6.07, 6.45) is -18.5. The molecule has 1 aromatic carbocycles. The molecule has 44 heteroatoms. The Morgan fingerprint density at radius 1 is 0.611 bits per heavy atom. The largest absolute Gasteiger partial charge is 0.490 e. The number of alkyl halides is 6. The highest BCUT2D eigenvalue weighted by Crippen LogP contribution is 2.25. The Labute approximate surface area is 616 Å². The number of amides is 12. The molecule has 1 heterocycles. The molecule has 12 amide bonds. The molecule has 15 atom stereocenters. The fraction of sp³-hybridized carbons (Fsp3) is 0.656. The minimum absolute atomic E-state index is 0.0327. The van der Waals surface area contributed by atoms with Crippen molar-refractivity contribution in [1.82, 2.24) is 58.5 Å². The van der Waals surface area contributed by atoms with Gasteiger partial charge in [0.1, 0.15) is 48.3 Å². The molecule has 1 aromatic rings. The third-order valence-corrected chi connectivity index (χ3v) is 15.3. The van der Waals surface area contributed by atoms with Crippen LogP contribution in [0.25, 0.3) is 0 Å². The number of hydrogen-bond donors (Lipinski definition) is 21. The lowest BCUT2D eigenvalue weighted by molar-refractivity contribution is -0.193. The molecular weight excluding hydrogens is 1460 g/mol. The standard InChI is InChI=1S/C60H100N16O18.2C2HF3O2/c1-12-31(10)41-54(88)74-42(32(11)78)53(87)67-25-40(80)72-44(47(82)58(92)66-24-39(62)79)56(90)71-38(26-77)59(93)94-48(33-17-14-13-15-18-33)45(76-52(86)37(23-29(6)7)69-49(83)34(61)21-27(2)3)57(91)75-43(46(81)30(8)9)55(89)70-36(22-28(4)5)51(85)68-35(50(84)73-41)19-16-20-65-60(63)64;2*3-2(4,5)1(6)7/h13-15,17-18,27-32,34-38,41-48,77-78,81-82H,12,16,19-26,61H2,1-11H3,(H2,62,79)(H,66,92)(H,67,87)(H,68,85)(H,69,83)(H,70,89)(H,71,90)(H,72,80)(H,73,84)(H,74,88)(H,75,91)(H,76,86)(H4,63,64,65);2*(H,6,7)/t31-,32-,34+,35+,36-,37-,38-,41-,42-,43-,44-,45-,46+,47-,48+;;/m0../s1. The maximum Gasteiger partial charge on any atom is 0.490 e. The van der Waals surface area contributed by atoms with Gasteiger partial charge in [0.25, 0.3) is 5.91 Å². The fourth-order valence-corrected chi connectivity index (χ4v) is 9.52. The van der Waals surface area contributed by atoms with E-state index in [1.165, 1.54) is 44.2 Å². The molecule has 0 saturated carbocycles. The second-order valence-electron chi connectivity index (χ2n) is 26.4.